The zero-order valence-corrected chi connectivity index (χ0v) is 17.6. The summed E-state index contributed by atoms with van der Waals surface area (Å²) in [7, 11) is 4.31. The van der Waals surface area contributed by atoms with Crippen molar-refractivity contribution in [2.24, 2.45) is 0 Å². The number of methoxy groups -OCH3 is 3. The fourth-order valence-corrected chi connectivity index (χ4v) is 3.30. The van der Waals surface area contributed by atoms with E-state index in [0.717, 1.165) is 6.42 Å². The number of nitrogens with zero attached hydrogens (tertiary/aromatic N) is 1. The van der Waals surface area contributed by atoms with Gasteiger partial charge in [0.2, 0.25) is 5.91 Å². The molecule has 1 fully saturated rings. The molecule has 3 rings (SSSR count). The first-order valence-corrected chi connectivity index (χ1v) is 9.64. The third-order valence-electron chi connectivity index (χ3n) is 4.80. The smallest absolute Gasteiger partial charge is 0.342 e. The molecule has 0 radical (unpaired) electrons. The summed E-state index contributed by atoms with van der Waals surface area (Å²) in [6, 6.07) is 9.92. The molecule has 0 spiro atoms. The van der Waals surface area contributed by atoms with Crippen molar-refractivity contribution < 1.29 is 33.3 Å². The summed E-state index contributed by atoms with van der Waals surface area (Å²) in [4.78, 5) is 38.6. The second kappa shape index (κ2) is 9.84. The Bertz CT molecular complexity index is 990. The van der Waals surface area contributed by atoms with Gasteiger partial charge in [0.05, 0.1) is 32.7 Å². The van der Waals surface area contributed by atoms with Crippen molar-refractivity contribution in [2.45, 2.75) is 12.8 Å². The molecule has 2 aromatic rings. The molecule has 0 bridgehead atoms. The molecule has 1 aliphatic rings. The maximum atomic E-state index is 12.5. The number of para-hydroxylation sites is 2. The van der Waals surface area contributed by atoms with Crippen LogP contribution in [0.3, 0.4) is 0 Å². The lowest BCUT2D eigenvalue weighted by Crippen LogP contribution is -2.27. The Morgan fingerprint density at radius 1 is 1.00 bits per heavy atom. The normalized spacial score (nSPS) is 13.0. The van der Waals surface area contributed by atoms with E-state index < -0.39 is 18.5 Å². The van der Waals surface area contributed by atoms with Crippen LogP contribution >= 0.6 is 0 Å². The van der Waals surface area contributed by atoms with E-state index in [0.29, 0.717) is 35.8 Å². The maximum absolute atomic E-state index is 12.5. The molecule has 0 aliphatic carbocycles. The zero-order valence-electron chi connectivity index (χ0n) is 17.6. The van der Waals surface area contributed by atoms with Crippen LogP contribution < -0.4 is 24.4 Å². The highest BCUT2D eigenvalue weighted by molar-refractivity contribution is 6.03. The van der Waals surface area contributed by atoms with Gasteiger partial charge in [0.15, 0.2) is 18.1 Å². The van der Waals surface area contributed by atoms with Crippen molar-refractivity contribution in [3.8, 4) is 17.2 Å². The summed E-state index contributed by atoms with van der Waals surface area (Å²) in [5.41, 5.74) is 1.18. The average molecular weight is 428 g/mol. The van der Waals surface area contributed by atoms with E-state index in [1.807, 2.05) is 0 Å². The average Bonchev–Trinajstić information content (AvgIpc) is 3.22. The minimum Gasteiger partial charge on any atom is -0.496 e. The summed E-state index contributed by atoms with van der Waals surface area (Å²) in [6.07, 6.45) is 1.25. The summed E-state index contributed by atoms with van der Waals surface area (Å²) in [5, 5.41) is 2.70. The Balaban J connectivity index is 1.68. The standard InChI is InChI=1S/C22H24N2O7/c1-28-17-12-19(30-3)18(29-2)11-14(17)22(27)31-13-20(25)23-15-7-4-5-8-16(15)24-10-6-9-21(24)26/h4-5,7-8,11-12H,6,9-10,13H2,1-3H3,(H,23,25). The van der Waals surface area contributed by atoms with Crippen LogP contribution in [0.5, 0.6) is 17.2 Å². The van der Waals surface area contributed by atoms with Gasteiger partial charge in [-0.05, 0) is 18.6 Å². The minimum absolute atomic E-state index is 0.00803. The lowest BCUT2D eigenvalue weighted by molar-refractivity contribution is -0.119. The molecule has 1 saturated heterocycles. The molecule has 0 atom stereocenters. The van der Waals surface area contributed by atoms with E-state index in [9.17, 15) is 14.4 Å². The second-order valence-electron chi connectivity index (χ2n) is 6.70. The van der Waals surface area contributed by atoms with E-state index in [1.165, 1.54) is 33.5 Å². The summed E-state index contributed by atoms with van der Waals surface area (Å²) in [6.45, 7) is 0.0818. The van der Waals surface area contributed by atoms with Gasteiger partial charge in [0.1, 0.15) is 11.3 Å². The molecule has 9 nitrogen and oxygen atoms in total. The van der Waals surface area contributed by atoms with E-state index in [4.69, 9.17) is 18.9 Å². The predicted molar refractivity (Wildman–Crippen MR) is 113 cm³/mol. The minimum atomic E-state index is -0.754. The summed E-state index contributed by atoms with van der Waals surface area (Å²) >= 11 is 0. The number of carbonyl (C=O) groups excluding carboxylic acids is 3. The number of carbonyl (C=O) groups is 3. The SMILES string of the molecule is COc1cc(OC)c(C(=O)OCC(=O)Nc2ccccc2N2CCCC2=O)cc1OC. The molecule has 0 unspecified atom stereocenters. The van der Waals surface area contributed by atoms with Crippen LogP contribution in [0, 0.1) is 0 Å². The fraction of sp³-hybridized carbons (Fsp3) is 0.318. The van der Waals surface area contributed by atoms with Gasteiger partial charge in [-0.25, -0.2) is 4.79 Å². The van der Waals surface area contributed by atoms with Crippen molar-refractivity contribution in [3.63, 3.8) is 0 Å². The van der Waals surface area contributed by atoms with Gasteiger partial charge in [-0.3, -0.25) is 9.59 Å². The molecule has 164 valence electrons. The number of amides is 2. The van der Waals surface area contributed by atoms with E-state index in [-0.39, 0.29) is 17.2 Å². The van der Waals surface area contributed by atoms with Crippen LogP contribution in [0.25, 0.3) is 0 Å². The Kier molecular flexibility index (Phi) is 6.96. The molecule has 9 heteroatoms. The highest BCUT2D eigenvalue weighted by atomic mass is 16.5. The number of hydrogen-bond acceptors (Lipinski definition) is 7. The molecule has 2 amide bonds. The van der Waals surface area contributed by atoms with Crippen molar-refractivity contribution >= 4 is 29.2 Å². The first kappa shape index (κ1) is 21.9. The topological polar surface area (TPSA) is 103 Å². The Morgan fingerprint density at radius 3 is 2.32 bits per heavy atom. The van der Waals surface area contributed by atoms with Gasteiger partial charge in [-0.1, -0.05) is 12.1 Å². The van der Waals surface area contributed by atoms with Crippen molar-refractivity contribution in [3.05, 3.63) is 42.0 Å². The summed E-state index contributed by atoms with van der Waals surface area (Å²) < 4.78 is 20.8. The molecule has 2 aromatic carbocycles. The molecular formula is C22H24N2O7. The number of hydrogen-bond donors (Lipinski definition) is 1. The molecule has 1 aliphatic heterocycles. The quantitative estimate of drug-likeness (QED) is 0.645. The van der Waals surface area contributed by atoms with Crippen molar-refractivity contribution in [1.29, 1.82) is 0 Å². The molecule has 1 heterocycles. The van der Waals surface area contributed by atoms with E-state index in [1.54, 1.807) is 29.2 Å². The Morgan fingerprint density at radius 2 is 1.68 bits per heavy atom. The van der Waals surface area contributed by atoms with Crippen LogP contribution in [0.2, 0.25) is 0 Å². The number of esters is 1. The number of benzene rings is 2. The lowest BCUT2D eigenvalue weighted by atomic mass is 10.1. The number of nitrogens with one attached hydrogen (secondary N) is 1. The predicted octanol–water partition coefficient (Wildman–Crippen LogP) is 2.63. The van der Waals surface area contributed by atoms with Crippen molar-refractivity contribution in [1.82, 2.24) is 0 Å². The largest absolute Gasteiger partial charge is 0.496 e. The van der Waals surface area contributed by atoms with Gasteiger partial charge in [0.25, 0.3) is 5.91 Å². The van der Waals surface area contributed by atoms with Crippen LogP contribution in [0.4, 0.5) is 11.4 Å². The van der Waals surface area contributed by atoms with Crippen LogP contribution in [0.15, 0.2) is 36.4 Å². The molecular weight excluding hydrogens is 404 g/mol. The monoisotopic (exact) mass is 428 g/mol. The van der Waals surface area contributed by atoms with Crippen LogP contribution in [-0.4, -0.2) is 52.3 Å². The third-order valence-corrected chi connectivity index (χ3v) is 4.80. The van der Waals surface area contributed by atoms with Gasteiger partial charge in [-0.15, -0.1) is 0 Å². The fourth-order valence-electron chi connectivity index (χ4n) is 3.30. The Hall–Kier alpha value is -3.75. The van der Waals surface area contributed by atoms with E-state index in [2.05, 4.69) is 5.32 Å². The first-order valence-electron chi connectivity index (χ1n) is 9.64. The van der Waals surface area contributed by atoms with Gasteiger partial charge in [-0.2, -0.15) is 0 Å². The lowest BCUT2D eigenvalue weighted by Gasteiger charge is -2.20. The second-order valence-corrected chi connectivity index (χ2v) is 6.70. The number of ether oxygens (including phenoxy) is 4. The maximum Gasteiger partial charge on any atom is 0.342 e. The highest BCUT2D eigenvalue weighted by Gasteiger charge is 2.24. The van der Waals surface area contributed by atoms with Crippen LogP contribution in [-0.2, 0) is 14.3 Å². The molecule has 0 aromatic heterocycles. The van der Waals surface area contributed by atoms with Gasteiger partial charge >= 0.3 is 5.97 Å². The van der Waals surface area contributed by atoms with Gasteiger partial charge < -0.3 is 29.2 Å². The Labute approximate surface area is 179 Å². The highest BCUT2D eigenvalue weighted by Crippen LogP contribution is 2.35. The molecule has 31 heavy (non-hydrogen) atoms. The molecule has 1 N–H and O–H groups in total. The molecule has 0 saturated carbocycles. The number of rotatable bonds is 8. The van der Waals surface area contributed by atoms with Crippen LogP contribution in [0.1, 0.15) is 23.2 Å². The van der Waals surface area contributed by atoms with Crippen molar-refractivity contribution in [2.75, 3.05) is 44.7 Å². The number of anilines is 2. The summed E-state index contributed by atoms with van der Waals surface area (Å²) in [5.74, 6) is -0.344. The van der Waals surface area contributed by atoms with Gasteiger partial charge in [0, 0.05) is 25.1 Å². The third kappa shape index (κ3) is 4.88. The first-order chi connectivity index (χ1) is 15.0. The van der Waals surface area contributed by atoms with E-state index >= 15 is 0 Å². The zero-order chi connectivity index (χ0) is 22.4.